The van der Waals surface area contributed by atoms with E-state index in [2.05, 4.69) is 15.6 Å². The molecule has 28 heavy (non-hydrogen) atoms. The number of fused-ring (bicyclic) bond motifs is 1. The number of aromatic nitrogens is 2. The molecule has 9 heteroatoms. The first kappa shape index (κ1) is 19.4. The van der Waals surface area contributed by atoms with Crippen molar-refractivity contribution >= 4 is 23.3 Å². The third-order valence-electron chi connectivity index (χ3n) is 3.96. The number of nitrogens with zero attached hydrogens (tertiary/aromatic N) is 2. The molecular formula is C19H17F3N4O2. The monoisotopic (exact) mass is 390 g/mol. The number of rotatable bonds is 5. The van der Waals surface area contributed by atoms with E-state index in [1.165, 1.54) is 10.5 Å². The highest BCUT2D eigenvalue weighted by Crippen LogP contribution is 2.29. The lowest BCUT2D eigenvalue weighted by atomic mass is 10.1. The third-order valence-corrected chi connectivity index (χ3v) is 3.96. The van der Waals surface area contributed by atoms with Gasteiger partial charge in [0.1, 0.15) is 5.65 Å². The molecule has 6 nitrogen and oxygen atoms in total. The minimum absolute atomic E-state index is 0.0257. The molecule has 0 aliphatic carbocycles. The van der Waals surface area contributed by atoms with Gasteiger partial charge < -0.3 is 10.6 Å². The van der Waals surface area contributed by atoms with Crippen LogP contribution in [0.5, 0.6) is 0 Å². The largest absolute Gasteiger partial charge is 0.416 e. The molecule has 2 amide bonds. The van der Waals surface area contributed by atoms with Gasteiger partial charge in [-0.3, -0.25) is 14.0 Å². The number of alkyl halides is 3. The number of pyridine rings is 1. The molecular weight excluding hydrogens is 373 g/mol. The quantitative estimate of drug-likeness (QED) is 0.697. The number of hydrogen-bond acceptors (Lipinski definition) is 3. The van der Waals surface area contributed by atoms with Gasteiger partial charge in [0.25, 0.3) is 11.8 Å². The van der Waals surface area contributed by atoms with Crippen LogP contribution < -0.4 is 10.6 Å². The standard InChI is InChI=1S/C19H17F3N4O2/c1-2-9-23-18(28)15-16(24-14-8-3-4-10-26(14)15)25-17(27)12-6-5-7-13(11-12)19(20,21)22/h3-8,10-11H,2,9H2,1H3,(H,23,28)(H,25,27). The number of anilines is 1. The van der Waals surface area contributed by atoms with Crippen LogP contribution in [0.1, 0.15) is 39.8 Å². The maximum atomic E-state index is 12.9. The summed E-state index contributed by atoms with van der Waals surface area (Å²) in [5.41, 5.74) is -0.601. The first-order valence-electron chi connectivity index (χ1n) is 8.55. The highest BCUT2D eigenvalue weighted by atomic mass is 19.4. The second-order valence-corrected chi connectivity index (χ2v) is 6.03. The van der Waals surface area contributed by atoms with Gasteiger partial charge in [0.2, 0.25) is 0 Å². The molecule has 0 fully saturated rings. The van der Waals surface area contributed by atoms with Crippen molar-refractivity contribution in [3.63, 3.8) is 0 Å². The van der Waals surface area contributed by atoms with Crippen LogP contribution in [0.2, 0.25) is 0 Å². The van der Waals surface area contributed by atoms with Crippen LogP contribution in [0.15, 0.2) is 48.7 Å². The zero-order valence-electron chi connectivity index (χ0n) is 14.9. The lowest BCUT2D eigenvalue weighted by molar-refractivity contribution is -0.137. The Morgan fingerprint density at radius 2 is 1.89 bits per heavy atom. The van der Waals surface area contributed by atoms with E-state index in [1.807, 2.05) is 6.92 Å². The highest BCUT2D eigenvalue weighted by Gasteiger charge is 2.31. The van der Waals surface area contributed by atoms with Crippen LogP contribution in [-0.2, 0) is 6.18 Å². The topological polar surface area (TPSA) is 75.5 Å². The van der Waals surface area contributed by atoms with E-state index in [4.69, 9.17) is 0 Å². The van der Waals surface area contributed by atoms with Gasteiger partial charge in [-0.1, -0.05) is 19.1 Å². The Morgan fingerprint density at radius 1 is 1.11 bits per heavy atom. The Bertz CT molecular complexity index is 1030. The van der Waals surface area contributed by atoms with E-state index >= 15 is 0 Å². The molecule has 0 saturated heterocycles. The van der Waals surface area contributed by atoms with E-state index < -0.39 is 23.6 Å². The normalized spacial score (nSPS) is 11.4. The van der Waals surface area contributed by atoms with Crippen molar-refractivity contribution in [2.45, 2.75) is 19.5 Å². The zero-order chi connectivity index (χ0) is 20.3. The van der Waals surface area contributed by atoms with Gasteiger partial charge in [0, 0.05) is 18.3 Å². The van der Waals surface area contributed by atoms with Crippen LogP contribution >= 0.6 is 0 Å². The predicted octanol–water partition coefficient (Wildman–Crippen LogP) is 3.75. The van der Waals surface area contributed by atoms with Crippen molar-refractivity contribution in [1.29, 1.82) is 0 Å². The van der Waals surface area contributed by atoms with E-state index in [0.717, 1.165) is 18.2 Å². The Labute approximate surface area is 158 Å². The molecule has 3 aromatic rings. The lowest BCUT2D eigenvalue weighted by Gasteiger charge is -2.09. The van der Waals surface area contributed by atoms with Crippen molar-refractivity contribution in [2.24, 2.45) is 0 Å². The highest BCUT2D eigenvalue weighted by molar-refractivity contribution is 6.08. The second kappa shape index (κ2) is 7.71. The summed E-state index contributed by atoms with van der Waals surface area (Å²) in [6.07, 6.45) is -2.23. The molecule has 2 heterocycles. The lowest BCUT2D eigenvalue weighted by Crippen LogP contribution is -2.27. The summed E-state index contributed by atoms with van der Waals surface area (Å²) in [5.74, 6) is -1.26. The number of amides is 2. The Kier molecular flexibility index (Phi) is 5.34. The molecule has 0 atom stereocenters. The second-order valence-electron chi connectivity index (χ2n) is 6.03. The summed E-state index contributed by atoms with van der Waals surface area (Å²) in [7, 11) is 0. The SMILES string of the molecule is CCCNC(=O)c1c(NC(=O)c2cccc(C(F)(F)F)c2)nc2ccccn12. The summed E-state index contributed by atoms with van der Waals surface area (Å²) >= 11 is 0. The number of hydrogen-bond donors (Lipinski definition) is 2. The van der Waals surface area contributed by atoms with Gasteiger partial charge >= 0.3 is 6.18 Å². The summed E-state index contributed by atoms with van der Waals surface area (Å²) in [4.78, 5) is 29.3. The Morgan fingerprint density at radius 3 is 2.61 bits per heavy atom. The van der Waals surface area contributed by atoms with Gasteiger partial charge in [-0.15, -0.1) is 0 Å². The number of halogens is 3. The first-order valence-corrected chi connectivity index (χ1v) is 8.55. The average molecular weight is 390 g/mol. The van der Waals surface area contributed by atoms with Gasteiger partial charge in [0.15, 0.2) is 11.5 Å². The number of nitrogens with one attached hydrogen (secondary N) is 2. The van der Waals surface area contributed by atoms with E-state index in [9.17, 15) is 22.8 Å². The number of carbonyl (C=O) groups excluding carboxylic acids is 2. The molecule has 0 bridgehead atoms. The molecule has 0 spiro atoms. The molecule has 0 aliphatic heterocycles. The van der Waals surface area contributed by atoms with E-state index in [1.54, 1.807) is 24.4 Å². The minimum Gasteiger partial charge on any atom is -0.351 e. The van der Waals surface area contributed by atoms with Gasteiger partial charge in [-0.25, -0.2) is 4.98 Å². The van der Waals surface area contributed by atoms with Crippen LogP contribution in [0.25, 0.3) is 5.65 Å². The zero-order valence-corrected chi connectivity index (χ0v) is 14.9. The van der Waals surface area contributed by atoms with Crippen molar-refractivity contribution in [2.75, 3.05) is 11.9 Å². The maximum Gasteiger partial charge on any atom is 0.416 e. The summed E-state index contributed by atoms with van der Waals surface area (Å²) in [6.45, 7) is 2.32. The number of carbonyl (C=O) groups is 2. The molecule has 146 valence electrons. The first-order chi connectivity index (χ1) is 13.3. The minimum atomic E-state index is -4.56. The Hall–Kier alpha value is -3.36. The van der Waals surface area contributed by atoms with Gasteiger partial charge in [-0.2, -0.15) is 13.2 Å². The predicted molar refractivity (Wildman–Crippen MR) is 97.2 cm³/mol. The molecule has 2 N–H and O–H groups in total. The fraction of sp³-hybridized carbons (Fsp3) is 0.211. The van der Waals surface area contributed by atoms with E-state index in [0.29, 0.717) is 18.6 Å². The molecule has 3 rings (SSSR count). The smallest absolute Gasteiger partial charge is 0.351 e. The van der Waals surface area contributed by atoms with E-state index in [-0.39, 0.29) is 17.1 Å². The Balaban J connectivity index is 1.96. The molecule has 0 saturated carbocycles. The summed E-state index contributed by atoms with van der Waals surface area (Å²) in [6, 6.07) is 9.11. The van der Waals surface area contributed by atoms with Crippen molar-refractivity contribution in [3.8, 4) is 0 Å². The molecule has 1 aromatic carbocycles. The van der Waals surface area contributed by atoms with Crippen LogP contribution in [0.4, 0.5) is 19.0 Å². The van der Waals surface area contributed by atoms with Gasteiger partial charge in [0.05, 0.1) is 5.56 Å². The third kappa shape index (κ3) is 3.98. The molecule has 0 radical (unpaired) electrons. The average Bonchev–Trinajstić information content (AvgIpc) is 3.03. The van der Waals surface area contributed by atoms with Crippen LogP contribution in [0.3, 0.4) is 0 Å². The molecule has 2 aromatic heterocycles. The maximum absolute atomic E-state index is 12.9. The van der Waals surface area contributed by atoms with Crippen molar-refractivity contribution in [1.82, 2.24) is 14.7 Å². The van der Waals surface area contributed by atoms with Crippen LogP contribution in [0, 0.1) is 0 Å². The molecule has 0 unspecified atom stereocenters. The fourth-order valence-corrected chi connectivity index (χ4v) is 2.64. The number of benzene rings is 1. The summed E-state index contributed by atoms with van der Waals surface area (Å²) < 4.78 is 40.2. The van der Waals surface area contributed by atoms with Gasteiger partial charge in [-0.05, 0) is 36.8 Å². The molecule has 0 aliphatic rings. The fourth-order valence-electron chi connectivity index (χ4n) is 2.64. The van der Waals surface area contributed by atoms with Crippen molar-refractivity contribution < 1.29 is 22.8 Å². The number of imidazole rings is 1. The van der Waals surface area contributed by atoms with Crippen molar-refractivity contribution in [3.05, 3.63) is 65.5 Å². The van der Waals surface area contributed by atoms with Crippen LogP contribution in [-0.4, -0.2) is 27.7 Å². The summed E-state index contributed by atoms with van der Waals surface area (Å²) in [5, 5.41) is 5.16.